The summed E-state index contributed by atoms with van der Waals surface area (Å²) in [7, 11) is 0. The molecule has 0 saturated heterocycles. The zero-order chi connectivity index (χ0) is 38.4. The third-order valence-electron chi connectivity index (χ3n) is 16.1. The average Bonchev–Trinajstić information content (AvgIpc) is 3.10. The quantitative estimate of drug-likeness (QED) is 0.245. The predicted octanol–water partition coefficient (Wildman–Crippen LogP) is 1.36. The van der Waals surface area contributed by atoms with E-state index in [9.17, 15) is 29.4 Å². The van der Waals surface area contributed by atoms with Crippen LogP contribution in [0.5, 0.6) is 0 Å². The Kier molecular flexibility index (Phi) is 12.3. The molecule has 10 heteroatoms. The molecule has 7 rings (SSSR count). The van der Waals surface area contributed by atoms with Gasteiger partial charge in [0.15, 0.2) is 0 Å². The van der Waals surface area contributed by atoms with Gasteiger partial charge in [0.05, 0.1) is 23.1 Å². The smallest absolute Gasteiger partial charge is 0.545 e. The minimum atomic E-state index is -1.39. The Morgan fingerprint density at radius 1 is 0.655 bits per heavy atom. The van der Waals surface area contributed by atoms with Crippen LogP contribution in [0, 0.1) is 44.8 Å². The van der Waals surface area contributed by atoms with Crippen molar-refractivity contribution in [2.24, 2.45) is 44.8 Å². The summed E-state index contributed by atoms with van der Waals surface area (Å²) in [6.45, 7) is 16.4. The molecule has 0 N–H and O–H groups in total. The molecule has 0 unspecified atom stereocenters. The third-order valence-corrected chi connectivity index (χ3v) is 16.1. The number of carbonyl (C=O) groups excluding carboxylic acids is 4. The molecule has 9 atom stereocenters. The van der Waals surface area contributed by atoms with Gasteiger partial charge in [0.2, 0.25) is 0 Å². The summed E-state index contributed by atoms with van der Waals surface area (Å²) in [4.78, 5) is 50.5. The number of carboxylic acid groups (broad SMARTS) is 2. The van der Waals surface area contributed by atoms with Gasteiger partial charge in [0.1, 0.15) is 11.7 Å². The van der Waals surface area contributed by atoms with Crippen LogP contribution in [-0.2, 0) is 9.47 Å². The molecule has 0 aromatic heterocycles. The number of carbonyl (C=O) groups is 4. The first-order chi connectivity index (χ1) is 24.8. The molecule has 2 aromatic carbocycles. The van der Waals surface area contributed by atoms with Crippen molar-refractivity contribution in [1.82, 2.24) is 0 Å². The van der Waals surface area contributed by atoms with Crippen molar-refractivity contribution in [3.63, 3.8) is 0 Å². The van der Waals surface area contributed by atoms with Crippen LogP contribution in [0.3, 0.4) is 0 Å². The first-order valence-electron chi connectivity index (χ1n) is 19.6. The number of ether oxygens (including phenoxy) is 2. The van der Waals surface area contributed by atoms with E-state index in [0.29, 0.717) is 24.7 Å². The molecule has 8 nitrogen and oxygen atoms in total. The molecule has 0 heterocycles. The summed E-state index contributed by atoms with van der Waals surface area (Å²) in [5.41, 5.74) is 0.314. The number of allylic oxidation sites excluding steroid dienone is 2. The van der Waals surface area contributed by atoms with Gasteiger partial charge in [-0.15, -0.1) is 0 Å². The molecule has 0 amide bonds. The van der Waals surface area contributed by atoms with E-state index in [1.165, 1.54) is 29.8 Å². The van der Waals surface area contributed by atoms with Crippen molar-refractivity contribution in [3.8, 4) is 0 Å². The van der Waals surface area contributed by atoms with Gasteiger partial charge < -0.3 is 29.3 Å². The molecule has 0 aliphatic heterocycles. The Hall–Kier alpha value is -1.94. The molecule has 5 aliphatic carbocycles. The second-order valence-electron chi connectivity index (χ2n) is 19.0. The number of benzene rings is 2. The van der Waals surface area contributed by atoms with Gasteiger partial charge in [-0.3, -0.25) is 0 Å². The van der Waals surface area contributed by atoms with E-state index >= 15 is 0 Å². The summed E-state index contributed by atoms with van der Waals surface area (Å²) in [6, 6.07) is 12.2. The maximum atomic E-state index is 13.5. The number of rotatable bonds is 6. The Morgan fingerprint density at radius 3 is 1.78 bits per heavy atom. The van der Waals surface area contributed by atoms with E-state index in [1.54, 1.807) is 24.3 Å². The van der Waals surface area contributed by atoms with Crippen molar-refractivity contribution >= 4 is 23.9 Å². The Balaban J connectivity index is 0.00000290. The topological polar surface area (TPSA) is 133 Å². The minimum Gasteiger partial charge on any atom is -0.545 e. The van der Waals surface area contributed by atoms with Gasteiger partial charge in [-0.25, -0.2) is 9.59 Å². The van der Waals surface area contributed by atoms with Gasteiger partial charge in [0.25, 0.3) is 0 Å². The molecule has 284 valence electrons. The second-order valence-corrected chi connectivity index (χ2v) is 19.0. The average molecular weight is 769 g/mol. The number of carboxylic acids is 2. The van der Waals surface area contributed by atoms with Crippen molar-refractivity contribution in [1.29, 1.82) is 0 Å². The maximum absolute atomic E-state index is 13.5. The Morgan fingerprint density at radius 2 is 1.20 bits per heavy atom. The molecule has 0 bridgehead atoms. The summed E-state index contributed by atoms with van der Waals surface area (Å²) >= 11 is 0. The van der Waals surface area contributed by atoms with E-state index in [2.05, 4.69) is 47.6 Å². The van der Waals surface area contributed by atoms with E-state index in [4.69, 9.17) is 9.47 Å². The van der Waals surface area contributed by atoms with Crippen LogP contribution in [0.15, 0.2) is 60.2 Å². The fraction of sp³-hybridized carbons (Fsp3) is 0.600. The monoisotopic (exact) mass is 768 g/mol. The van der Waals surface area contributed by atoms with Crippen LogP contribution >= 0.6 is 0 Å². The van der Waals surface area contributed by atoms with E-state index in [0.717, 1.165) is 51.4 Å². The standard InChI is InChI=1S/C45H56O8.2Na/c1-40(2)33-18-21-45(7)34(43(33,5)20-19-35(40)52-38(50)29-14-10-8-12-27(29)36(46)47)17-16-31-32-26-42(4,24-22-41(32,3)23-25-44(31,45)6)53-39(51)30-15-11-9-13-28(30)37(48)49;;/h8-16,32-35H,17-26H2,1-7H3,(H,46,47)(H,48,49);;/q;2*+1/p-2/t32-,33-,34+,35-,41+,42-,43-,44+,45+;;/m0../s1. The van der Waals surface area contributed by atoms with Crippen LogP contribution in [0.25, 0.3) is 0 Å². The SMILES string of the molecule is CC1(C)[C@@H](OC(=O)c2ccccc2C(=O)[O-])CC[C@]2(C)[C@H]3CC=C4[C@@H]5C[C@@](C)(OC(=O)c6ccccc6C(=O)[O-])CC[C@]5(C)CC[C@@]4(C)[C@]3(C)CC[C@@H]12.[Na+].[Na+]. The van der Waals surface area contributed by atoms with Gasteiger partial charge in [-0.2, -0.15) is 0 Å². The van der Waals surface area contributed by atoms with Gasteiger partial charge in [0, 0.05) is 16.5 Å². The summed E-state index contributed by atoms with van der Waals surface area (Å²) in [6.07, 6.45) is 11.4. The van der Waals surface area contributed by atoms with Gasteiger partial charge in [-0.1, -0.05) is 89.6 Å². The largest absolute Gasteiger partial charge is 1.00 e. The zero-order valence-electron chi connectivity index (χ0n) is 34.3. The van der Waals surface area contributed by atoms with Crippen LogP contribution in [0.4, 0.5) is 0 Å². The summed E-state index contributed by atoms with van der Waals surface area (Å²) in [5, 5.41) is 23.5. The number of aromatic carboxylic acids is 2. The molecule has 5 aliphatic rings. The molecular formula is C45H54Na2O8. The van der Waals surface area contributed by atoms with Crippen molar-refractivity contribution in [2.75, 3.05) is 0 Å². The fourth-order valence-corrected chi connectivity index (χ4v) is 12.8. The van der Waals surface area contributed by atoms with E-state index < -0.39 is 29.5 Å². The third kappa shape index (κ3) is 7.05. The number of hydrogen-bond donors (Lipinski definition) is 0. The molecule has 2 aromatic rings. The zero-order valence-corrected chi connectivity index (χ0v) is 38.3. The summed E-state index contributed by atoms with van der Waals surface area (Å²) in [5.74, 6) is -3.03. The van der Waals surface area contributed by atoms with Crippen LogP contribution in [0.1, 0.15) is 154 Å². The van der Waals surface area contributed by atoms with E-state index in [1.807, 2.05) is 6.92 Å². The van der Waals surface area contributed by atoms with Crippen molar-refractivity contribution in [3.05, 3.63) is 82.4 Å². The van der Waals surface area contributed by atoms with Crippen LogP contribution in [-0.4, -0.2) is 35.6 Å². The maximum Gasteiger partial charge on any atom is 1.00 e. The molecule has 4 saturated carbocycles. The molecular weight excluding hydrogens is 714 g/mol. The Bertz CT molecular complexity index is 1910. The molecule has 55 heavy (non-hydrogen) atoms. The van der Waals surface area contributed by atoms with Crippen LogP contribution < -0.4 is 69.3 Å². The Labute approximate surface area is 370 Å². The predicted molar refractivity (Wildman–Crippen MR) is 196 cm³/mol. The number of fused-ring (bicyclic) bond motifs is 7. The summed E-state index contributed by atoms with van der Waals surface area (Å²) < 4.78 is 12.5. The number of esters is 2. The first-order valence-corrected chi connectivity index (χ1v) is 19.6. The molecule has 0 spiro atoms. The van der Waals surface area contributed by atoms with Crippen molar-refractivity contribution in [2.45, 2.75) is 124 Å². The van der Waals surface area contributed by atoms with Crippen LogP contribution in [0.2, 0.25) is 0 Å². The fourth-order valence-electron chi connectivity index (χ4n) is 12.8. The normalized spacial score (nSPS) is 37.0. The second kappa shape index (κ2) is 15.3. The van der Waals surface area contributed by atoms with Crippen molar-refractivity contribution < 1.29 is 98.0 Å². The van der Waals surface area contributed by atoms with Gasteiger partial charge >= 0.3 is 71.1 Å². The van der Waals surface area contributed by atoms with E-state index in [-0.39, 0.29) is 120 Å². The first kappa shape index (κ1) is 44.2. The minimum absolute atomic E-state index is 0. The number of hydrogen-bond acceptors (Lipinski definition) is 8. The molecule has 4 fully saturated rings. The molecule has 0 radical (unpaired) electrons. The van der Waals surface area contributed by atoms with Gasteiger partial charge in [-0.05, 0) is 123 Å².